The van der Waals surface area contributed by atoms with Crippen molar-refractivity contribution in [3.63, 3.8) is 0 Å². The molecule has 0 aliphatic rings. The topological polar surface area (TPSA) is 67.4 Å². The standard InChI is InChI=1S/C17H17FN2O3/c18-15-10-8-14(9-11-15)16(21)19-20-17(22)23-12-4-7-13-5-2-1-3-6-13/h1-3,5-6,8-11H,4,7,12H2,(H,19,21)(H,20,22). The van der Waals surface area contributed by atoms with Gasteiger partial charge in [-0.3, -0.25) is 10.2 Å². The number of amides is 2. The van der Waals surface area contributed by atoms with Crippen molar-refractivity contribution < 1.29 is 18.7 Å². The Balaban J connectivity index is 1.63. The molecule has 0 heterocycles. The normalized spacial score (nSPS) is 9.96. The number of aryl methyl sites for hydroxylation is 1. The maximum absolute atomic E-state index is 12.7. The number of carbonyl (C=O) groups is 2. The van der Waals surface area contributed by atoms with Gasteiger partial charge in [0, 0.05) is 5.56 Å². The smallest absolute Gasteiger partial charge is 0.426 e. The third-order valence-electron chi connectivity index (χ3n) is 3.07. The van der Waals surface area contributed by atoms with Gasteiger partial charge in [0.05, 0.1) is 6.61 Å². The molecule has 2 aromatic carbocycles. The van der Waals surface area contributed by atoms with Gasteiger partial charge in [-0.2, -0.15) is 0 Å². The maximum atomic E-state index is 12.7. The third kappa shape index (κ3) is 5.78. The first-order valence-corrected chi connectivity index (χ1v) is 7.18. The van der Waals surface area contributed by atoms with Gasteiger partial charge in [-0.05, 0) is 42.7 Å². The van der Waals surface area contributed by atoms with Crippen molar-refractivity contribution in [3.8, 4) is 0 Å². The Bertz CT molecular complexity index is 645. The molecule has 2 aromatic rings. The molecule has 0 saturated heterocycles. The maximum Gasteiger partial charge on any atom is 0.426 e. The van der Waals surface area contributed by atoms with Crippen LogP contribution in [0.5, 0.6) is 0 Å². The molecule has 2 N–H and O–H groups in total. The summed E-state index contributed by atoms with van der Waals surface area (Å²) in [6.45, 7) is 0.243. The van der Waals surface area contributed by atoms with E-state index in [1.54, 1.807) is 0 Å². The lowest BCUT2D eigenvalue weighted by Crippen LogP contribution is -2.42. The van der Waals surface area contributed by atoms with E-state index in [2.05, 4.69) is 10.9 Å². The lowest BCUT2D eigenvalue weighted by atomic mass is 10.1. The molecule has 6 heteroatoms. The summed E-state index contributed by atoms with van der Waals surface area (Å²) in [6, 6.07) is 14.8. The Kier molecular flexibility index (Phi) is 6.11. The zero-order valence-corrected chi connectivity index (χ0v) is 12.4. The highest BCUT2D eigenvalue weighted by Crippen LogP contribution is 2.03. The minimum atomic E-state index is -0.742. The minimum Gasteiger partial charge on any atom is -0.448 e. The SMILES string of the molecule is O=C(NNC(=O)c1ccc(F)cc1)OCCCc1ccccc1. The molecule has 0 aromatic heterocycles. The second-order valence-corrected chi connectivity index (χ2v) is 4.81. The van der Waals surface area contributed by atoms with Crippen LogP contribution in [0.4, 0.5) is 9.18 Å². The van der Waals surface area contributed by atoms with E-state index in [0.717, 1.165) is 18.6 Å². The van der Waals surface area contributed by atoms with Crippen LogP contribution in [0.1, 0.15) is 22.3 Å². The average Bonchev–Trinajstić information content (AvgIpc) is 2.58. The van der Waals surface area contributed by atoms with Crippen LogP contribution in [-0.2, 0) is 11.2 Å². The molecule has 0 saturated carbocycles. The summed E-state index contributed by atoms with van der Waals surface area (Å²) in [4.78, 5) is 23.1. The van der Waals surface area contributed by atoms with Crippen molar-refractivity contribution in [1.82, 2.24) is 10.9 Å². The van der Waals surface area contributed by atoms with Crippen molar-refractivity contribution in [1.29, 1.82) is 0 Å². The van der Waals surface area contributed by atoms with Crippen LogP contribution in [0.15, 0.2) is 54.6 Å². The van der Waals surface area contributed by atoms with Gasteiger partial charge >= 0.3 is 6.09 Å². The molecule has 2 rings (SSSR count). The van der Waals surface area contributed by atoms with E-state index >= 15 is 0 Å². The van der Waals surface area contributed by atoms with Gasteiger partial charge in [0.25, 0.3) is 5.91 Å². The first kappa shape index (κ1) is 16.5. The number of hydrazine groups is 1. The predicted octanol–water partition coefficient (Wildman–Crippen LogP) is 2.83. The Morgan fingerprint density at radius 3 is 2.35 bits per heavy atom. The number of nitrogens with one attached hydrogen (secondary N) is 2. The molecule has 2 amide bonds. The molecule has 0 unspecified atom stereocenters. The second-order valence-electron chi connectivity index (χ2n) is 4.81. The fraction of sp³-hybridized carbons (Fsp3) is 0.176. The molecule has 0 bridgehead atoms. The van der Waals surface area contributed by atoms with Gasteiger partial charge in [-0.15, -0.1) is 0 Å². The summed E-state index contributed by atoms with van der Waals surface area (Å²) in [5.41, 5.74) is 5.73. The van der Waals surface area contributed by atoms with Crippen molar-refractivity contribution in [2.45, 2.75) is 12.8 Å². The van der Waals surface area contributed by atoms with Gasteiger partial charge in [0.15, 0.2) is 0 Å². The fourth-order valence-electron chi connectivity index (χ4n) is 1.90. The zero-order valence-electron chi connectivity index (χ0n) is 12.4. The van der Waals surface area contributed by atoms with E-state index in [0.29, 0.717) is 6.42 Å². The molecule has 0 radical (unpaired) electrons. The molecule has 0 fully saturated rings. The summed E-state index contributed by atoms with van der Waals surface area (Å²) in [5.74, 6) is -0.987. The Hall–Kier alpha value is -2.89. The number of benzene rings is 2. The lowest BCUT2D eigenvalue weighted by Gasteiger charge is -2.08. The number of carbonyl (C=O) groups excluding carboxylic acids is 2. The van der Waals surface area contributed by atoms with E-state index < -0.39 is 17.8 Å². The predicted molar refractivity (Wildman–Crippen MR) is 83.1 cm³/mol. The van der Waals surface area contributed by atoms with Gasteiger partial charge in [0.1, 0.15) is 5.82 Å². The summed E-state index contributed by atoms with van der Waals surface area (Å²) < 4.78 is 17.7. The molecule has 0 aliphatic heterocycles. The largest absolute Gasteiger partial charge is 0.448 e. The van der Waals surface area contributed by atoms with Crippen LogP contribution in [0, 0.1) is 5.82 Å². The first-order valence-electron chi connectivity index (χ1n) is 7.18. The molecular formula is C17H17FN2O3. The zero-order chi connectivity index (χ0) is 16.5. The summed E-state index contributed by atoms with van der Waals surface area (Å²) in [6.07, 6.45) is 0.743. The monoisotopic (exact) mass is 316 g/mol. The molecular weight excluding hydrogens is 299 g/mol. The second kappa shape index (κ2) is 8.53. The van der Waals surface area contributed by atoms with E-state index in [1.165, 1.54) is 17.7 Å². The summed E-state index contributed by atoms with van der Waals surface area (Å²) in [5, 5.41) is 0. The van der Waals surface area contributed by atoms with Crippen LogP contribution in [0.2, 0.25) is 0 Å². The number of ether oxygens (including phenoxy) is 1. The van der Waals surface area contributed by atoms with Crippen molar-refractivity contribution in [3.05, 3.63) is 71.5 Å². The lowest BCUT2D eigenvalue weighted by molar-refractivity contribution is 0.0909. The van der Waals surface area contributed by atoms with Crippen LogP contribution in [0.25, 0.3) is 0 Å². The fourth-order valence-corrected chi connectivity index (χ4v) is 1.90. The van der Waals surface area contributed by atoms with Crippen LogP contribution < -0.4 is 10.9 Å². The number of hydrogen-bond donors (Lipinski definition) is 2. The van der Waals surface area contributed by atoms with Crippen molar-refractivity contribution >= 4 is 12.0 Å². The van der Waals surface area contributed by atoms with Crippen molar-refractivity contribution in [2.24, 2.45) is 0 Å². The first-order chi connectivity index (χ1) is 11.1. The Morgan fingerprint density at radius 2 is 1.65 bits per heavy atom. The third-order valence-corrected chi connectivity index (χ3v) is 3.07. The van der Waals surface area contributed by atoms with E-state index in [1.807, 2.05) is 30.3 Å². The molecule has 5 nitrogen and oxygen atoms in total. The van der Waals surface area contributed by atoms with Crippen LogP contribution in [0.3, 0.4) is 0 Å². The Labute approximate surface area is 133 Å². The summed E-state index contributed by atoms with van der Waals surface area (Å²) in [7, 11) is 0. The van der Waals surface area contributed by atoms with E-state index in [9.17, 15) is 14.0 Å². The van der Waals surface area contributed by atoms with Crippen molar-refractivity contribution in [2.75, 3.05) is 6.61 Å². The molecule has 0 spiro atoms. The van der Waals surface area contributed by atoms with E-state index in [4.69, 9.17) is 4.74 Å². The van der Waals surface area contributed by atoms with Crippen LogP contribution in [-0.4, -0.2) is 18.6 Å². The number of hydrogen-bond acceptors (Lipinski definition) is 3. The summed E-state index contributed by atoms with van der Waals surface area (Å²) >= 11 is 0. The average molecular weight is 316 g/mol. The molecule has 0 atom stereocenters. The van der Waals surface area contributed by atoms with Gasteiger partial charge in [-0.25, -0.2) is 14.6 Å². The van der Waals surface area contributed by atoms with Gasteiger partial charge in [-0.1, -0.05) is 30.3 Å². The Morgan fingerprint density at radius 1 is 0.957 bits per heavy atom. The number of halogens is 1. The quantitative estimate of drug-likeness (QED) is 0.658. The highest BCUT2D eigenvalue weighted by Gasteiger charge is 2.07. The van der Waals surface area contributed by atoms with E-state index in [-0.39, 0.29) is 12.2 Å². The van der Waals surface area contributed by atoms with Gasteiger partial charge < -0.3 is 4.74 Å². The number of rotatable bonds is 5. The molecule has 23 heavy (non-hydrogen) atoms. The van der Waals surface area contributed by atoms with Gasteiger partial charge in [0.2, 0.25) is 0 Å². The highest BCUT2D eigenvalue weighted by molar-refractivity contribution is 5.94. The minimum absolute atomic E-state index is 0.232. The molecule has 120 valence electrons. The van der Waals surface area contributed by atoms with Crippen LogP contribution >= 0.6 is 0 Å². The molecule has 0 aliphatic carbocycles. The highest BCUT2D eigenvalue weighted by atomic mass is 19.1.